The normalized spacial score (nSPS) is 7.50. The molecule has 0 rings (SSSR count). The molecule has 0 nitrogen and oxygen atoms in total. The van der Waals surface area contributed by atoms with E-state index in [1.165, 1.54) is 24.3 Å². The minimum Gasteiger partial charge on any atom is -0.0945 e. The lowest BCUT2D eigenvalue weighted by atomic mass is 10.6. The third-order valence-electron chi connectivity index (χ3n) is 0.319. The molecule has 0 saturated heterocycles. The summed E-state index contributed by atoms with van der Waals surface area (Å²) in [5, 5.41) is 0. The second-order valence-corrected chi connectivity index (χ2v) is 5.27. The van der Waals surface area contributed by atoms with Crippen molar-refractivity contribution < 1.29 is 0 Å². The van der Waals surface area contributed by atoms with E-state index in [0.717, 1.165) is 0 Å². The highest BCUT2D eigenvalue weighted by molar-refractivity contribution is 8.76. The molecular weight excluding hydrogens is 184 g/mol. The highest BCUT2D eigenvalue weighted by Crippen LogP contribution is 2.18. The van der Waals surface area contributed by atoms with E-state index in [1.54, 1.807) is 0 Å². The molecule has 0 atom stereocenters. The van der Waals surface area contributed by atoms with Crippen LogP contribution in [0.3, 0.4) is 0 Å². The van der Waals surface area contributed by atoms with E-state index in [-0.39, 0.29) is 0 Å². The summed E-state index contributed by atoms with van der Waals surface area (Å²) in [5.41, 5.74) is 0. The van der Waals surface area contributed by atoms with Crippen LogP contribution >= 0.6 is 21.6 Å². The quantitative estimate of drug-likeness (QED) is 0.461. The molecule has 12 heavy (non-hydrogen) atoms. The standard InChI is InChI=1S/C4H10S2.2C3H8/c1-3-5-6-4-2;2*1-3-2/h3-4H2,1-2H3;2*3H2,1-2H3. The Labute approximate surface area is 87.7 Å². The Hall–Kier alpha value is 0.700. The zero-order valence-corrected chi connectivity index (χ0v) is 11.3. The van der Waals surface area contributed by atoms with E-state index in [1.807, 2.05) is 21.6 Å². The second-order valence-electron chi connectivity index (χ2n) is 2.23. The first-order valence-corrected chi connectivity index (χ1v) is 7.47. The van der Waals surface area contributed by atoms with Gasteiger partial charge in [0.15, 0.2) is 0 Å². The molecule has 0 aromatic carbocycles. The third kappa shape index (κ3) is 73.5. The maximum absolute atomic E-state index is 2.17. The molecule has 0 heterocycles. The minimum atomic E-state index is 1.23. The van der Waals surface area contributed by atoms with Gasteiger partial charge in [0.25, 0.3) is 0 Å². The van der Waals surface area contributed by atoms with Gasteiger partial charge < -0.3 is 0 Å². The fourth-order valence-electron chi connectivity index (χ4n) is 0.167. The van der Waals surface area contributed by atoms with Crippen LogP contribution in [0.2, 0.25) is 0 Å². The number of hydrogen-bond acceptors (Lipinski definition) is 2. The Balaban J connectivity index is -0.000000115. The summed E-state index contributed by atoms with van der Waals surface area (Å²) >= 11 is 0. The van der Waals surface area contributed by atoms with Gasteiger partial charge >= 0.3 is 0 Å². The second kappa shape index (κ2) is 29.8. The first-order chi connectivity index (χ1) is 5.74. The van der Waals surface area contributed by atoms with Crippen molar-refractivity contribution in [1.29, 1.82) is 0 Å². The van der Waals surface area contributed by atoms with Gasteiger partial charge in [-0.1, -0.05) is 76.0 Å². The van der Waals surface area contributed by atoms with E-state index >= 15 is 0 Å². The monoisotopic (exact) mass is 210 g/mol. The topological polar surface area (TPSA) is 0 Å². The van der Waals surface area contributed by atoms with Gasteiger partial charge in [-0.25, -0.2) is 0 Å². The summed E-state index contributed by atoms with van der Waals surface area (Å²) in [6.45, 7) is 12.8. The van der Waals surface area contributed by atoms with Crippen molar-refractivity contribution >= 4 is 21.6 Å². The zero-order chi connectivity index (χ0) is 10.2. The molecule has 0 unspecified atom stereocenters. The Morgan fingerprint density at radius 3 is 0.833 bits per heavy atom. The lowest BCUT2D eigenvalue weighted by molar-refractivity contribution is 1.09. The largest absolute Gasteiger partial charge is 0.0945 e. The van der Waals surface area contributed by atoms with Crippen molar-refractivity contribution in [2.75, 3.05) is 11.5 Å². The fourth-order valence-corrected chi connectivity index (χ4v) is 1.50. The highest BCUT2D eigenvalue weighted by Gasteiger charge is 1.75. The Morgan fingerprint density at radius 2 is 0.750 bits per heavy atom. The highest BCUT2D eigenvalue weighted by atomic mass is 33.1. The predicted octanol–water partition coefficient (Wildman–Crippen LogP) is 5.24. The summed E-state index contributed by atoms with van der Waals surface area (Å²) in [6.07, 6.45) is 2.50. The van der Waals surface area contributed by atoms with Crippen LogP contribution in [0.5, 0.6) is 0 Å². The SMILES string of the molecule is CCC.CCC.CCSSCC. The van der Waals surface area contributed by atoms with Crippen molar-refractivity contribution in [2.24, 2.45) is 0 Å². The Bertz CT molecular complexity index is 32.8. The fraction of sp³-hybridized carbons (Fsp3) is 1.00. The molecule has 0 aromatic rings. The lowest BCUT2D eigenvalue weighted by Crippen LogP contribution is -1.59. The van der Waals surface area contributed by atoms with Gasteiger partial charge in [0.05, 0.1) is 0 Å². The molecule has 0 fully saturated rings. The summed E-state index contributed by atoms with van der Waals surface area (Å²) in [7, 11) is 3.85. The van der Waals surface area contributed by atoms with Gasteiger partial charge in [0, 0.05) is 11.5 Å². The average molecular weight is 210 g/mol. The molecule has 0 aromatic heterocycles. The van der Waals surface area contributed by atoms with Crippen LogP contribution in [0.15, 0.2) is 0 Å². The molecule has 0 spiro atoms. The van der Waals surface area contributed by atoms with Crippen molar-refractivity contribution in [3.05, 3.63) is 0 Å². The van der Waals surface area contributed by atoms with Gasteiger partial charge in [-0.3, -0.25) is 0 Å². The summed E-state index contributed by atoms with van der Waals surface area (Å²) in [6, 6.07) is 0. The van der Waals surface area contributed by atoms with E-state index < -0.39 is 0 Å². The minimum absolute atomic E-state index is 1.23. The van der Waals surface area contributed by atoms with E-state index in [4.69, 9.17) is 0 Å². The van der Waals surface area contributed by atoms with Crippen LogP contribution in [0.4, 0.5) is 0 Å². The maximum atomic E-state index is 2.17. The molecule has 0 aliphatic heterocycles. The van der Waals surface area contributed by atoms with Crippen LogP contribution in [0.25, 0.3) is 0 Å². The van der Waals surface area contributed by atoms with Crippen molar-refractivity contribution in [3.8, 4) is 0 Å². The molecular formula is C10H26S2. The summed E-state index contributed by atoms with van der Waals surface area (Å²) in [4.78, 5) is 0. The van der Waals surface area contributed by atoms with Crippen molar-refractivity contribution in [3.63, 3.8) is 0 Å². The third-order valence-corrected chi connectivity index (χ3v) is 2.87. The number of rotatable bonds is 3. The van der Waals surface area contributed by atoms with Crippen LogP contribution in [0, 0.1) is 0 Å². The molecule has 0 N–H and O–H groups in total. The van der Waals surface area contributed by atoms with Crippen LogP contribution in [-0.2, 0) is 0 Å². The van der Waals surface area contributed by atoms with E-state index in [2.05, 4.69) is 41.5 Å². The van der Waals surface area contributed by atoms with Gasteiger partial charge in [0.2, 0.25) is 0 Å². The maximum Gasteiger partial charge on any atom is 0.000844 e. The predicted molar refractivity (Wildman–Crippen MR) is 68.2 cm³/mol. The van der Waals surface area contributed by atoms with Gasteiger partial charge in [-0.15, -0.1) is 0 Å². The smallest absolute Gasteiger partial charge is 0.000844 e. The number of hydrogen-bond donors (Lipinski definition) is 0. The van der Waals surface area contributed by atoms with Crippen LogP contribution in [-0.4, -0.2) is 11.5 Å². The van der Waals surface area contributed by atoms with Crippen LogP contribution in [0.1, 0.15) is 54.4 Å². The first-order valence-electron chi connectivity index (χ1n) is 4.99. The summed E-state index contributed by atoms with van der Waals surface area (Å²) in [5.74, 6) is 2.47. The molecule has 0 bridgehead atoms. The first kappa shape index (κ1) is 18.5. The molecule has 78 valence electrons. The lowest BCUT2D eigenvalue weighted by Gasteiger charge is -1.86. The average Bonchev–Trinajstić information content (AvgIpc) is 2.04. The van der Waals surface area contributed by atoms with Crippen molar-refractivity contribution in [2.45, 2.75) is 54.4 Å². The molecule has 0 saturated carbocycles. The zero-order valence-electron chi connectivity index (χ0n) is 9.64. The van der Waals surface area contributed by atoms with Gasteiger partial charge in [-0.05, 0) is 0 Å². The molecule has 0 amide bonds. The Kier molecular flexibility index (Phi) is 45.9. The van der Waals surface area contributed by atoms with Gasteiger partial charge in [0.1, 0.15) is 0 Å². The van der Waals surface area contributed by atoms with Gasteiger partial charge in [-0.2, -0.15) is 0 Å². The molecule has 0 aliphatic rings. The molecule has 0 radical (unpaired) electrons. The van der Waals surface area contributed by atoms with Crippen molar-refractivity contribution in [1.82, 2.24) is 0 Å². The summed E-state index contributed by atoms with van der Waals surface area (Å²) < 4.78 is 0. The van der Waals surface area contributed by atoms with Crippen LogP contribution < -0.4 is 0 Å². The van der Waals surface area contributed by atoms with E-state index in [0.29, 0.717) is 0 Å². The Morgan fingerprint density at radius 1 is 0.583 bits per heavy atom. The molecule has 2 heteroatoms. The van der Waals surface area contributed by atoms with E-state index in [9.17, 15) is 0 Å². The molecule has 0 aliphatic carbocycles.